The Morgan fingerprint density at radius 1 is 1.12 bits per heavy atom. The summed E-state index contributed by atoms with van der Waals surface area (Å²) < 4.78 is 6.82. The number of amides is 1. The van der Waals surface area contributed by atoms with Crippen molar-refractivity contribution in [1.29, 1.82) is 0 Å². The number of nitrogens with one attached hydrogen (secondary N) is 1. The second-order valence-electron chi connectivity index (χ2n) is 7.06. The number of aromatic nitrogens is 3. The fourth-order valence-electron chi connectivity index (χ4n) is 3.17. The molecule has 0 saturated heterocycles. The van der Waals surface area contributed by atoms with Gasteiger partial charge >= 0.3 is 5.97 Å². The number of hydrogen-bond acceptors (Lipinski definition) is 6. The first-order chi connectivity index (χ1) is 15.5. The highest BCUT2D eigenvalue weighted by molar-refractivity contribution is 8.00. The summed E-state index contributed by atoms with van der Waals surface area (Å²) in [6.07, 6.45) is 3.45. The van der Waals surface area contributed by atoms with Crippen LogP contribution < -0.4 is 5.32 Å². The van der Waals surface area contributed by atoms with Crippen LogP contribution in [-0.2, 0) is 9.53 Å². The molecular formula is C24H22N4O3S. The maximum absolute atomic E-state index is 12.6. The van der Waals surface area contributed by atoms with Crippen LogP contribution >= 0.6 is 11.8 Å². The van der Waals surface area contributed by atoms with E-state index in [1.54, 1.807) is 48.1 Å². The molecule has 0 radical (unpaired) electrons. The Kier molecular flexibility index (Phi) is 6.51. The fourth-order valence-corrected chi connectivity index (χ4v) is 3.95. The zero-order chi connectivity index (χ0) is 22.5. The molecular weight excluding hydrogens is 424 g/mol. The van der Waals surface area contributed by atoms with E-state index in [0.29, 0.717) is 16.3 Å². The molecule has 0 aliphatic heterocycles. The van der Waals surface area contributed by atoms with Crippen LogP contribution in [0.25, 0.3) is 16.8 Å². The Morgan fingerprint density at radius 2 is 1.91 bits per heavy atom. The van der Waals surface area contributed by atoms with Crippen molar-refractivity contribution in [1.82, 2.24) is 14.6 Å². The minimum absolute atomic E-state index is 0.134. The lowest BCUT2D eigenvalue weighted by Gasteiger charge is -2.10. The van der Waals surface area contributed by atoms with E-state index in [1.165, 1.54) is 17.3 Å². The van der Waals surface area contributed by atoms with Crippen molar-refractivity contribution in [2.24, 2.45) is 0 Å². The Labute approximate surface area is 189 Å². The zero-order valence-electron chi connectivity index (χ0n) is 17.7. The van der Waals surface area contributed by atoms with Crippen molar-refractivity contribution in [2.45, 2.75) is 18.9 Å². The number of aryl methyl sites for hydroxylation is 1. The second-order valence-corrected chi connectivity index (χ2v) is 8.02. The van der Waals surface area contributed by atoms with Crippen LogP contribution in [0.4, 0.5) is 5.69 Å². The van der Waals surface area contributed by atoms with Crippen LogP contribution in [0.5, 0.6) is 0 Å². The third kappa shape index (κ3) is 4.81. The van der Waals surface area contributed by atoms with E-state index in [2.05, 4.69) is 15.4 Å². The van der Waals surface area contributed by atoms with Gasteiger partial charge in [-0.15, -0.1) is 0 Å². The van der Waals surface area contributed by atoms with Gasteiger partial charge in [-0.05, 0) is 32.0 Å². The number of benzene rings is 2. The lowest BCUT2D eigenvalue weighted by atomic mass is 10.1. The lowest BCUT2D eigenvalue weighted by Crippen LogP contribution is -2.17. The normalized spacial score (nSPS) is 10.8. The van der Waals surface area contributed by atoms with Crippen LogP contribution in [0.1, 0.15) is 22.8 Å². The quantitative estimate of drug-likeness (QED) is 0.330. The minimum atomic E-state index is -0.467. The van der Waals surface area contributed by atoms with Gasteiger partial charge in [0.25, 0.3) is 0 Å². The molecule has 0 fully saturated rings. The summed E-state index contributed by atoms with van der Waals surface area (Å²) in [6.45, 7) is 4.05. The van der Waals surface area contributed by atoms with Crippen LogP contribution in [0, 0.1) is 6.92 Å². The number of carbonyl (C=O) groups is 2. The monoisotopic (exact) mass is 446 g/mol. The molecule has 4 aromatic rings. The molecule has 2 aromatic carbocycles. The molecule has 0 aliphatic rings. The molecule has 162 valence electrons. The summed E-state index contributed by atoms with van der Waals surface area (Å²) in [5, 5.41) is 8.12. The summed E-state index contributed by atoms with van der Waals surface area (Å²) >= 11 is 1.31. The SMILES string of the molecule is CCOC(=O)c1ccccc1NC(=O)CSc1nccn2nc(-c3ccc(C)cc3)cc12. The van der Waals surface area contributed by atoms with E-state index in [-0.39, 0.29) is 18.3 Å². The highest BCUT2D eigenvalue weighted by Crippen LogP contribution is 2.26. The van der Waals surface area contributed by atoms with Crippen molar-refractivity contribution < 1.29 is 14.3 Å². The van der Waals surface area contributed by atoms with E-state index in [9.17, 15) is 9.59 Å². The fraction of sp³-hybridized carbons (Fsp3) is 0.167. The average molecular weight is 447 g/mol. The average Bonchev–Trinajstić information content (AvgIpc) is 3.23. The molecule has 0 unspecified atom stereocenters. The number of para-hydroxylation sites is 1. The standard InChI is InChI=1S/C24H22N4O3S/c1-3-31-24(30)18-6-4-5-7-19(18)26-22(29)15-32-23-21-14-20(27-28(21)13-12-25-23)17-10-8-16(2)9-11-17/h4-14H,3,15H2,1-2H3,(H,26,29). The zero-order valence-corrected chi connectivity index (χ0v) is 18.6. The molecule has 1 N–H and O–H groups in total. The lowest BCUT2D eigenvalue weighted by molar-refractivity contribution is -0.113. The molecule has 2 aromatic heterocycles. The van der Waals surface area contributed by atoms with Crippen LogP contribution in [0.15, 0.2) is 72.0 Å². The summed E-state index contributed by atoms with van der Waals surface area (Å²) in [6, 6.07) is 16.9. The molecule has 0 atom stereocenters. The summed E-state index contributed by atoms with van der Waals surface area (Å²) in [5.74, 6) is -0.575. The van der Waals surface area contributed by atoms with Crippen molar-refractivity contribution in [3.8, 4) is 11.3 Å². The molecule has 4 rings (SSSR count). The topological polar surface area (TPSA) is 85.6 Å². The Morgan fingerprint density at radius 3 is 2.69 bits per heavy atom. The van der Waals surface area contributed by atoms with Gasteiger partial charge in [-0.3, -0.25) is 4.79 Å². The highest BCUT2D eigenvalue weighted by atomic mass is 32.2. The van der Waals surface area contributed by atoms with Crippen LogP contribution in [-0.4, -0.2) is 38.8 Å². The van der Waals surface area contributed by atoms with Crippen molar-refractivity contribution >= 4 is 34.8 Å². The molecule has 0 bridgehead atoms. The number of carbonyl (C=O) groups excluding carboxylic acids is 2. The van der Waals surface area contributed by atoms with E-state index < -0.39 is 5.97 Å². The van der Waals surface area contributed by atoms with Gasteiger partial charge in [-0.2, -0.15) is 5.10 Å². The number of nitrogens with zero attached hydrogens (tertiary/aromatic N) is 3. The van der Waals surface area contributed by atoms with Gasteiger partial charge in [0.05, 0.1) is 34.8 Å². The summed E-state index contributed by atoms with van der Waals surface area (Å²) in [4.78, 5) is 29.1. The second kappa shape index (κ2) is 9.65. The van der Waals surface area contributed by atoms with Crippen molar-refractivity contribution in [2.75, 3.05) is 17.7 Å². The van der Waals surface area contributed by atoms with Gasteiger partial charge in [0, 0.05) is 18.0 Å². The van der Waals surface area contributed by atoms with E-state index in [4.69, 9.17) is 4.74 Å². The number of rotatable bonds is 7. The molecule has 8 heteroatoms. The maximum atomic E-state index is 12.6. The van der Waals surface area contributed by atoms with Crippen LogP contribution in [0.3, 0.4) is 0 Å². The van der Waals surface area contributed by atoms with Gasteiger partial charge in [0.15, 0.2) is 0 Å². The minimum Gasteiger partial charge on any atom is -0.462 e. The first-order valence-corrected chi connectivity index (χ1v) is 11.1. The number of fused-ring (bicyclic) bond motifs is 1. The number of ether oxygens (including phenoxy) is 1. The molecule has 7 nitrogen and oxygen atoms in total. The predicted octanol–water partition coefficient (Wildman–Crippen LogP) is 4.61. The Balaban J connectivity index is 1.48. The van der Waals surface area contributed by atoms with Crippen LogP contribution in [0.2, 0.25) is 0 Å². The van der Waals surface area contributed by atoms with Gasteiger partial charge < -0.3 is 10.1 Å². The maximum Gasteiger partial charge on any atom is 0.340 e. The molecule has 0 aliphatic carbocycles. The molecule has 1 amide bonds. The van der Waals surface area contributed by atoms with Gasteiger partial charge in [-0.25, -0.2) is 14.3 Å². The number of thioether (sulfide) groups is 1. The summed E-state index contributed by atoms with van der Waals surface area (Å²) in [5.41, 5.74) is 4.62. The largest absolute Gasteiger partial charge is 0.462 e. The predicted molar refractivity (Wildman–Crippen MR) is 125 cm³/mol. The number of esters is 1. The van der Waals surface area contributed by atoms with Gasteiger partial charge in [0.2, 0.25) is 5.91 Å². The summed E-state index contributed by atoms with van der Waals surface area (Å²) in [7, 11) is 0. The van der Waals surface area contributed by atoms with E-state index in [1.807, 2.05) is 37.3 Å². The van der Waals surface area contributed by atoms with E-state index in [0.717, 1.165) is 16.8 Å². The van der Waals surface area contributed by atoms with Crippen molar-refractivity contribution in [3.05, 3.63) is 78.1 Å². The van der Waals surface area contributed by atoms with E-state index >= 15 is 0 Å². The third-order valence-corrected chi connectivity index (χ3v) is 5.73. The molecule has 0 saturated carbocycles. The number of anilines is 1. The van der Waals surface area contributed by atoms with Gasteiger partial charge in [0.1, 0.15) is 5.03 Å². The molecule has 2 heterocycles. The molecule has 0 spiro atoms. The molecule has 32 heavy (non-hydrogen) atoms. The first-order valence-electron chi connectivity index (χ1n) is 10.2. The number of hydrogen-bond donors (Lipinski definition) is 1. The van der Waals surface area contributed by atoms with Gasteiger partial charge in [-0.1, -0.05) is 53.7 Å². The Bertz CT molecular complexity index is 1270. The highest BCUT2D eigenvalue weighted by Gasteiger charge is 2.15. The first kappa shape index (κ1) is 21.6. The smallest absolute Gasteiger partial charge is 0.340 e. The van der Waals surface area contributed by atoms with Crippen molar-refractivity contribution in [3.63, 3.8) is 0 Å². The third-order valence-electron chi connectivity index (χ3n) is 4.74. The Hall–Kier alpha value is -3.65.